The number of hydrogen-bond donors (Lipinski definition) is 1. The zero-order valence-corrected chi connectivity index (χ0v) is 18.2. The number of fused-ring (bicyclic) bond motifs is 1. The number of nitrogens with zero attached hydrogens (tertiary/aromatic N) is 2. The molecule has 0 aliphatic heterocycles. The van der Waals surface area contributed by atoms with E-state index in [1.807, 2.05) is 48.5 Å². The van der Waals surface area contributed by atoms with Crippen LogP contribution in [0.2, 0.25) is 5.02 Å². The van der Waals surface area contributed by atoms with Crippen LogP contribution in [-0.4, -0.2) is 21.9 Å². The molecule has 0 spiro atoms. The van der Waals surface area contributed by atoms with Crippen molar-refractivity contribution in [2.45, 2.75) is 25.0 Å². The third-order valence-corrected chi connectivity index (χ3v) is 6.80. The molecular formula is C21H18ClN3O2S2. The number of benzene rings is 2. The van der Waals surface area contributed by atoms with Gasteiger partial charge in [-0.05, 0) is 23.6 Å². The molecule has 1 amide bonds. The van der Waals surface area contributed by atoms with Gasteiger partial charge in [-0.2, -0.15) is 0 Å². The van der Waals surface area contributed by atoms with Crippen LogP contribution in [0.15, 0.2) is 58.2 Å². The summed E-state index contributed by atoms with van der Waals surface area (Å²) in [6.07, 6.45) is 0. The van der Waals surface area contributed by atoms with Gasteiger partial charge in [0, 0.05) is 15.8 Å². The van der Waals surface area contributed by atoms with Crippen LogP contribution in [0, 0.1) is 0 Å². The second kappa shape index (κ2) is 8.57. The largest absolute Gasteiger partial charge is 0.410 e. The summed E-state index contributed by atoms with van der Waals surface area (Å²) in [6.45, 7) is 4.19. The van der Waals surface area contributed by atoms with Gasteiger partial charge in [0.2, 0.25) is 5.91 Å². The molecule has 0 saturated carbocycles. The number of thiophene rings is 1. The van der Waals surface area contributed by atoms with Crippen LogP contribution >= 0.6 is 34.7 Å². The Morgan fingerprint density at radius 2 is 1.93 bits per heavy atom. The van der Waals surface area contributed by atoms with E-state index >= 15 is 0 Å². The van der Waals surface area contributed by atoms with Crippen LogP contribution in [-0.2, 0) is 4.79 Å². The third-order valence-electron chi connectivity index (χ3n) is 4.32. The van der Waals surface area contributed by atoms with Crippen molar-refractivity contribution >= 4 is 56.4 Å². The molecule has 0 radical (unpaired) electrons. The van der Waals surface area contributed by atoms with Crippen LogP contribution in [0.4, 0.5) is 5.69 Å². The Kier molecular flexibility index (Phi) is 5.89. The van der Waals surface area contributed by atoms with E-state index in [9.17, 15) is 4.79 Å². The molecule has 0 unspecified atom stereocenters. The molecule has 0 saturated heterocycles. The number of halogens is 1. The SMILES string of the molecule is CC(C)c1ccccc1NC(=O)CSc1nnc(-c2sc3ccccc3c2Cl)o1. The van der Waals surface area contributed by atoms with E-state index in [0.717, 1.165) is 26.2 Å². The number of rotatable bonds is 6. The zero-order valence-electron chi connectivity index (χ0n) is 15.8. The topological polar surface area (TPSA) is 68.0 Å². The number of carbonyl (C=O) groups excluding carboxylic acids is 1. The minimum Gasteiger partial charge on any atom is -0.410 e. The Bertz CT molecular complexity index is 1170. The van der Waals surface area contributed by atoms with Crippen molar-refractivity contribution in [2.75, 3.05) is 11.1 Å². The summed E-state index contributed by atoms with van der Waals surface area (Å²) in [5, 5.41) is 13.0. The van der Waals surface area contributed by atoms with Crippen molar-refractivity contribution in [3.63, 3.8) is 0 Å². The van der Waals surface area contributed by atoms with Gasteiger partial charge < -0.3 is 9.73 Å². The van der Waals surface area contributed by atoms with Gasteiger partial charge in [-0.3, -0.25) is 4.79 Å². The van der Waals surface area contributed by atoms with Crippen molar-refractivity contribution in [1.29, 1.82) is 0 Å². The minimum atomic E-state index is -0.122. The average Bonchev–Trinajstić information content (AvgIpc) is 3.31. The molecule has 1 N–H and O–H groups in total. The lowest BCUT2D eigenvalue weighted by molar-refractivity contribution is -0.113. The molecule has 0 aliphatic carbocycles. The lowest BCUT2D eigenvalue weighted by Crippen LogP contribution is -2.15. The molecule has 2 heterocycles. The summed E-state index contributed by atoms with van der Waals surface area (Å²) in [4.78, 5) is 13.1. The molecule has 0 atom stereocenters. The highest BCUT2D eigenvalue weighted by Crippen LogP contribution is 2.41. The van der Waals surface area contributed by atoms with Crippen LogP contribution in [0.5, 0.6) is 0 Å². The predicted molar refractivity (Wildman–Crippen MR) is 120 cm³/mol. The second-order valence-electron chi connectivity index (χ2n) is 6.69. The van der Waals surface area contributed by atoms with Crippen LogP contribution in [0.25, 0.3) is 20.9 Å². The first kappa shape index (κ1) is 19.9. The number of anilines is 1. The van der Waals surface area contributed by atoms with E-state index in [4.69, 9.17) is 16.0 Å². The minimum absolute atomic E-state index is 0.122. The first-order chi connectivity index (χ1) is 14.0. The summed E-state index contributed by atoms with van der Waals surface area (Å²) in [5.74, 6) is 0.740. The molecular weight excluding hydrogens is 426 g/mol. The summed E-state index contributed by atoms with van der Waals surface area (Å²) in [5.41, 5.74) is 1.93. The fourth-order valence-corrected chi connectivity index (χ4v) is 4.94. The van der Waals surface area contributed by atoms with E-state index in [-0.39, 0.29) is 11.7 Å². The highest BCUT2D eigenvalue weighted by atomic mass is 35.5. The van der Waals surface area contributed by atoms with Crippen molar-refractivity contribution < 1.29 is 9.21 Å². The van der Waals surface area contributed by atoms with E-state index in [0.29, 0.717) is 22.1 Å². The van der Waals surface area contributed by atoms with Gasteiger partial charge in [-0.25, -0.2) is 0 Å². The quantitative estimate of drug-likeness (QED) is 0.346. The zero-order chi connectivity index (χ0) is 20.4. The standard InChI is InChI=1S/C21H18ClN3O2S2/c1-12(2)13-7-3-5-9-15(13)23-17(26)11-28-21-25-24-20(27-21)19-18(22)14-8-4-6-10-16(14)29-19/h3-10,12H,11H2,1-2H3,(H,23,26). The summed E-state index contributed by atoms with van der Waals surface area (Å²) in [7, 11) is 0. The van der Waals surface area contributed by atoms with Crippen LogP contribution < -0.4 is 5.32 Å². The monoisotopic (exact) mass is 443 g/mol. The molecule has 0 aliphatic rings. The molecule has 2 aromatic carbocycles. The molecule has 29 heavy (non-hydrogen) atoms. The summed E-state index contributed by atoms with van der Waals surface area (Å²) >= 11 is 9.17. The molecule has 5 nitrogen and oxygen atoms in total. The van der Waals surface area contributed by atoms with Gasteiger partial charge in [-0.15, -0.1) is 21.5 Å². The maximum absolute atomic E-state index is 12.4. The third kappa shape index (κ3) is 4.32. The molecule has 4 rings (SSSR count). The Labute approximate surface area is 181 Å². The molecule has 4 aromatic rings. The van der Waals surface area contributed by atoms with Gasteiger partial charge in [0.05, 0.1) is 10.8 Å². The molecule has 0 fully saturated rings. The first-order valence-electron chi connectivity index (χ1n) is 9.05. The normalized spacial score (nSPS) is 11.3. The Morgan fingerprint density at radius 3 is 2.72 bits per heavy atom. The van der Waals surface area contributed by atoms with E-state index < -0.39 is 0 Å². The fraction of sp³-hybridized carbons (Fsp3) is 0.190. The fourth-order valence-electron chi connectivity index (χ4n) is 2.94. The van der Waals surface area contributed by atoms with Gasteiger partial charge in [0.1, 0.15) is 4.88 Å². The van der Waals surface area contributed by atoms with E-state index in [1.54, 1.807) is 0 Å². The predicted octanol–water partition coefficient (Wildman–Crippen LogP) is 6.46. The molecule has 2 aromatic heterocycles. The smallest absolute Gasteiger partial charge is 0.277 e. The molecule has 148 valence electrons. The van der Waals surface area contributed by atoms with Crippen LogP contribution in [0.3, 0.4) is 0 Å². The number of carbonyl (C=O) groups is 1. The Morgan fingerprint density at radius 1 is 1.17 bits per heavy atom. The van der Waals surface area contributed by atoms with Crippen molar-refractivity contribution in [3.05, 3.63) is 59.1 Å². The van der Waals surface area contributed by atoms with Crippen molar-refractivity contribution in [1.82, 2.24) is 10.2 Å². The summed E-state index contributed by atoms with van der Waals surface area (Å²) < 4.78 is 6.79. The van der Waals surface area contributed by atoms with Crippen molar-refractivity contribution in [2.24, 2.45) is 0 Å². The van der Waals surface area contributed by atoms with Gasteiger partial charge in [0.25, 0.3) is 11.1 Å². The number of aromatic nitrogens is 2. The van der Waals surface area contributed by atoms with Crippen LogP contribution in [0.1, 0.15) is 25.3 Å². The van der Waals surface area contributed by atoms with Gasteiger partial charge in [-0.1, -0.05) is 73.6 Å². The van der Waals surface area contributed by atoms with E-state index in [2.05, 4.69) is 29.4 Å². The summed E-state index contributed by atoms with van der Waals surface area (Å²) in [6, 6.07) is 15.7. The van der Waals surface area contributed by atoms with Crippen molar-refractivity contribution in [3.8, 4) is 10.8 Å². The molecule has 8 heteroatoms. The number of amides is 1. The molecule has 0 bridgehead atoms. The number of hydrogen-bond acceptors (Lipinski definition) is 6. The number of thioether (sulfide) groups is 1. The maximum atomic E-state index is 12.4. The van der Waals surface area contributed by atoms with Gasteiger partial charge in [0.15, 0.2) is 0 Å². The Balaban J connectivity index is 1.43. The number of para-hydroxylation sites is 1. The van der Waals surface area contributed by atoms with Gasteiger partial charge >= 0.3 is 0 Å². The van der Waals surface area contributed by atoms with E-state index in [1.165, 1.54) is 23.1 Å². The first-order valence-corrected chi connectivity index (χ1v) is 11.2. The highest BCUT2D eigenvalue weighted by Gasteiger charge is 2.18. The second-order valence-corrected chi connectivity index (χ2v) is 9.05. The number of nitrogens with one attached hydrogen (secondary N) is 1. The lowest BCUT2D eigenvalue weighted by atomic mass is 10.0. The average molecular weight is 444 g/mol. The highest BCUT2D eigenvalue weighted by molar-refractivity contribution is 7.99. The maximum Gasteiger partial charge on any atom is 0.277 e. The Hall–Kier alpha value is -2.35. The lowest BCUT2D eigenvalue weighted by Gasteiger charge is -2.13.